The van der Waals surface area contributed by atoms with Gasteiger partial charge in [0, 0.05) is 0 Å². The van der Waals surface area contributed by atoms with Crippen molar-refractivity contribution in [1.82, 2.24) is 25.3 Å². The Labute approximate surface area is 105 Å². The number of thiophene rings is 1. The van der Waals surface area contributed by atoms with Crippen LogP contribution in [-0.2, 0) is 16.6 Å². The van der Waals surface area contributed by atoms with E-state index in [9.17, 15) is 13.2 Å². The van der Waals surface area contributed by atoms with Crippen LogP contribution in [0, 0.1) is 0 Å². The highest BCUT2D eigenvalue weighted by Crippen LogP contribution is 2.21. The van der Waals surface area contributed by atoms with Crippen LogP contribution in [0.5, 0.6) is 0 Å². The van der Waals surface area contributed by atoms with Gasteiger partial charge in [0.1, 0.15) is 9.09 Å². The Bertz CT molecular complexity index is 647. The number of tetrazole rings is 1. The minimum Gasteiger partial charge on any atom is -0.477 e. The van der Waals surface area contributed by atoms with E-state index in [1.165, 1.54) is 12.1 Å². The van der Waals surface area contributed by atoms with E-state index in [1.807, 2.05) is 0 Å². The third-order valence-corrected chi connectivity index (χ3v) is 4.83. The lowest BCUT2D eigenvalue weighted by Gasteiger charge is -2.00. The number of carboxylic acid groups (broad SMARTS) is 1. The normalized spacial score (nSPS) is 11.6. The first-order chi connectivity index (χ1) is 8.49. The largest absolute Gasteiger partial charge is 0.477 e. The van der Waals surface area contributed by atoms with Gasteiger partial charge in [-0.05, 0) is 12.1 Å². The summed E-state index contributed by atoms with van der Waals surface area (Å²) in [6.07, 6.45) is 0. The molecule has 2 heterocycles. The van der Waals surface area contributed by atoms with Gasteiger partial charge in [0.25, 0.3) is 0 Å². The number of H-pyrrole nitrogens is 1. The number of carboxylic acids is 1. The number of rotatable bonds is 5. The van der Waals surface area contributed by atoms with Crippen molar-refractivity contribution < 1.29 is 18.3 Å². The predicted octanol–water partition coefficient (Wildman–Crippen LogP) is -0.562. The van der Waals surface area contributed by atoms with E-state index < -0.39 is 16.0 Å². The molecule has 0 bridgehead atoms. The molecular formula is C7H7N5O4S2. The summed E-state index contributed by atoms with van der Waals surface area (Å²) in [5, 5.41) is 21.3. The fourth-order valence-electron chi connectivity index (χ4n) is 1.07. The molecule has 3 N–H and O–H groups in total. The van der Waals surface area contributed by atoms with E-state index in [1.54, 1.807) is 0 Å². The first-order valence-electron chi connectivity index (χ1n) is 4.54. The molecule has 0 aromatic carbocycles. The second-order valence-corrected chi connectivity index (χ2v) is 6.15. The summed E-state index contributed by atoms with van der Waals surface area (Å²) in [6.45, 7) is -0.126. The van der Waals surface area contributed by atoms with Crippen LogP contribution in [0.3, 0.4) is 0 Å². The average Bonchev–Trinajstić information content (AvgIpc) is 2.98. The van der Waals surface area contributed by atoms with Crippen molar-refractivity contribution in [2.45, 2.75) is 10.8 Å². The molecule has 2 aromatic heterocycles. The van der Waals surface area contributed by atoms with Crippen molar-refractivity contribution in [3.8, 4) is 0 Å². The summed E-state index contributed by atoms with van der Waals surface area (Å²) in [5.74, 6) is -0.979. The monoisotopic (exact) mass is 289 g/mol. The predicted molar refractivity (Wildman–Crippen MR) is 59.5 cm³/mol. The Morgan fingerprint density at radius 2 is 2.28 bits per heavy atom. The molecule has 0 aliphatic heterocycles. The van der Waals surface area contributed by atoms with Gasteiger partial charge in [-0.2, -0.15) is 5.21 Å². The van der Waals surface area contributed by atoms with Crippen molar-refractivity contribution in [3.05, 3.63) is 22.8 Å². The fraction of sp³-hybridized carbons (Fsp3) is 0.143. The molecule has 0 fully saturated rings. The smallest absolute Gasteiger partial charge is 0.345 e. The number of aromatic carboxylic acids is 1. The van der Waals surface area contributed by atoms with Crippen LogP contribution >= 0.6 is 11.3 Å². The summed E-state index contributed by atoms with van der Waals surface area (Å²) in [4.78, 5) is 10.6. The van der Waals surface area contributed by atoms with Crippen LogP contribution in [0.2, 0.25) is 0 Å². The van der Waals surface area contributed by atoms with Crippen LogP contribution in [0.25, 0.3) is 0 Å². The molecule has 0 amide bonds. The van der Waals surface area contributed by atoms with E-state index in [4.69, 9.17) is 5.11 Å². The molecule has 0 aliphatic rings. The summed E-state index contributed by atoms with van der Waals surface area (Å²) in [6, 6.07) is 2.46. The highest BCUT2D eigenvalue weighted by Gasteiger charge is 2.19. The maximum absolute atomic E-state index is 11.8. The number of nitrogens with one attached hydrogen (secondary N) is 2. The molecule has 0 aliphatic carbocycles. The quantitative estimate of drug-likeness (QED) is 0.670. The van der Waals surface area contributed by atoms with Gasteiger partial charge < -0.3 is 5.11 Å². The molecule has 9 nitrogen and oxygen atoms in total. The third kappa shape index (κ3) is 2.69. The van der Waals surface area contributed by atoms with Crippen molar-refractivity contribution in [2.75, 3.05) is 0 Å². The van der Waals surface area contributed by atoms with Crippen LogP contribution in [-0.4, -0.2) is 40.1 Å². The molecule has 0 spiro atoms. The molecule has 18 heavy (non-hydrogen) atoms. The summed E-state index contributed by atoms with van der Waals surface area (Å²) >= 11 is 0.671. The molecule has 0 saturated carbocycles. The summed E-state index contributed by atoms with van der Waals surface area (Å²) < 4.78 is 25.7. The van der Waals surface area contributed by atoms with Crippen molar-refractivity contribution in [1.29, 1.82) is 0 Å². The van der Waals surface area contributed by atoms with Gasteiger partial charge in [-0.15, -0.1) is 21.5 Å². The molecule has 11 heteroatoms. The molecule has 2 aromatic rings. The molecule has 0 unspecified atom stereocenters. The van der Waals surface area contributed by atoms with Crippen LogP contribution < -0.4 is 4.72 Å². The number of hydrogen-bond donors (Lipinski definition) is 3. The standard InChI is InChI=1S/C7H7N5O4S2/c13-7(14)4-1-2-6(17-4)18(15,16)8-3-5-9-11-12-10-5/h1-2,8H,3H2,(H,13,14)(H,9,10,11,12). The van der Waals surface area contributed by atoms with E-state index in [-0.39, 0.29) is 21.5 Å². The zero-order valence-corrected chi connectivity index (χ0v) is 10.3. The zero-order chi connectivity index (χ0) is 13.2. The van der Waals surface area contributed by atoms with Gasteiger partial charge >= 0.3 is 5.97 Å². The third-order valence-electron chi connectivity index (χ3n) is 1.87. The number of nitrogens with zero attached hydrogens (tertiary/aromatic N) is 3. The second kappa shape index (κ2) is 4.80. The summed E-state index contributed by atoms with van der Waals surface area (Å²) in [5.41, 5.74) is 0. The first-order valence-corrected chi connectivity index (χ1v) is 6.84. The highest BCUT2D eigenvalue weighted by molar-refractivity contribution is 7.91. The van der Waals surface area contributed by atoms with Crippen molar-refractivity contribution in [3.63, 3.8) is 0 Å². The van der Waals surface area contributed by atoms with Crippen molar-refractivity contribution >= 4 is 27.3 Å². The average molecular weight is 289 g/mol. The van der Waals surface area contributed by atoms with Crippen LogP contribution in [0.15, 0.2) is 16.3 Å². The SMILES string of the molecule is O=C(O)c1ccc(S(=O)(=O)NCc2nn[nH]n2)s1. The molecule has 0 atom stereocenters. The first kappa shape index (κ1) is 12.6. The Morgan fingerprint density at radius 3 is 2.83 bits per heavy atom. The maximum Gasteiger partial charge on any atom is 0.345 e. The Kier molecular flexibility index (Phi) is 3.36. The van der Waals surface area contributed by atoms with E-state index in [0.717, 1.165) is 0 Å². The number of aromatic amines is 1. The van der Waals surface area contributed by atoms with Gasteiger partial charge in [-0.1, -0.05) is 5.21 Å². The summed E-state index contributed by atoms with van der Waals surface area (Å²) in [7, 11) is -3.77. The van der Waals surface area contributed by atoms with E-state index in [0.29, 0.717) is 11.3 Å². The van der Waals surface area contributed by atoms with Crippen LogP contribution in [0.4, 0.5) is 0 Å². The minimum atomic E-state index is -3.77. The Morgan fingerprint density at radius 1 is 1.50 bits per heavy atom. The zero-order valence-electron chi connectivity index (χ0n) is 8.69. The molecule has 2 rings (SSSR count). The van der Waals surface area contributed by atoms with E-state index in [2.05, 4.69) is 25.3 Å². The lowest BCUT2D eigenvalue weighted by molar-refractivity contribution is 0.0702. The fourth-order valence-corrected chi connectivity index (χ4v) is 3.24. The molecule has 0 radical (unpaired) electrons. The molecule has 96 valence electrons. The highest BCUT2D eigenvalue weighted by atomic mass is 32.2. The topological polar surface area (TPSA) is 138 Å². The van der Waals surface area contributed by atoms with Crippen molar-refractivity contribution in [2.24, 2.45) is 0 Å². The lowest BCUT2D eigenvalue weighted by Crippen LogP contribution is -2.23. The Hall–Kier alpha value is -1.85. The van der Waals surface area contributed by atoms with Crippen LogP contribution in [0.1, 0.15) is 15.5 Å². The minimum absolute atomic E-state index is 0.0464. The van der Waals surface area contributed by atoms with E-state index >= 15 is 0 Å². The molecule has 0 saturated heterocycles. The van der Waals surface area contributed by atoms with Gasteiger partial charge in [0.15, 0.2) is 5.82 Å². The second-order valence-electron chi connectivity index (χ2n) is 3.08. The van der Waals surface area contributed by atoms with Gasteiger partial charge in [0.05, 0.1) is 6.54 Å². The van der Waals surface area contributed by atoms with Gasteiger partial charge in [0.2, 0.25) is 10.0 Å². The molecular weight excluding hydrogens is 282 g/mol. The number of sulfonamides is 1. The number of aromatic nitrogens is 4. The lowest BCUT2D eigenvalue weighted by atomic mass is 10.5. The van der Waals surface area contributed by atoms with Gasteiger partial charge in [-0.25, -0.2) is 17.9 Å². The number of carbonyl (C=O) groups is 1. The Balaban J connectivity index is 2.12. The van der Waals surface area contributed by atoms with Gasteiger partial charge in [-0.3, -0.25) is 0 Å². The maximum atomic E-state index is 11.8. The number of hydrogen-bond acceptors (Lipinski definition) is 7.